The van der Waals surface area contributed by atoms with Gasteiger partial charge in [-0.05, 0) is 26.3 Å². The van der Waals surface area contributed by atoms with Crippen molar-refractivity contribution in [3.8, 4) is 0 Å². The molecule has 1 aromatic rings. The number of carboxylic acid groups (broad SMARTS) is 1. The Morgan fingerprint density at radius 3 is 2.40 bits per heavy atom. The maximum absolute atomic E-state index is 11.4. The zero-order valence-electron chi connectivity index (χ0n) is 8.84. The number of aromatic carboxylic acids is 1. The van der Waals surface area contributed by atoms with E-state index < -0.39 is 11.9 Å². The van der Waals surface area contributed by atoms with E-state index in [-0.39, 0.29) is 17.9 Å². The van der Waals surface area contributed by atoms with Crippen molar-refractivity contribution >= 4 is 11.9 Å². The monoisotopic (exact) mass is 210 g/mol. The van der Waals surface area contributed by atoms with Crippen molar-refractivity contribution in [3.05, 3.63) is 22.5 Å². The van der Waals surface area contributed by atoms with Crippen LogP contribution in [0.1, 0.15) is 39.0 Å². The molecule has 0 aliphatic carbocycles. The summed E-state index contributed by atoms with van der Waals surface area (Å²) in [7, 11) is 0. The van der Waals surface area contributed by atoms with Gasteiger partial charge in [0.1, 0.15) is 5.69 Å². The molecule has 0 aliphatic heterocycles. The summed E-state index contributed by atoms with van der Waals surface area (Å²) in [5.74, 6) is -1.85. The van der Waals surface area contributed by atoms with Crippen LogP contribution in [-0.2, 0) is 4.74 Å². The molecular weight excluding hydrogens is 198 g/mol. The van der Waals surface area contributed by atoms with Crippen LogP contribution in [0.25, 0.3) is 0 Å². The number of ether oxygens (including phenoxy) is 1. The molecule has 15 heavy (non-hydrogen) atoms. The number of carbonyl (C=O) groups excluding carboxylic acids is 2. The van der Waals surface area contributed by atoms with Crippen LogP contribution in [0, 0.1) is 13.8 Å². The maximum Gasteiger partial charge on any atom is 0.355 e. The van der Waals surface area contributed by atoms with Gasteiger partial charge in [0.2, 0.25) is 0 Å². The van der Waals surface area contributed by atoms with Crippen LogP contribution in [0.4, 0.5) is 0 Å². The van der Waals surface area contributed by atoms with E-state index in [0.29, 0.717) is 11.3 Å². The summed E-state index contributed by atoms with van der Waals surface area (Å²) in [6.07, 6.45) is 0. The van der Waals surface area contributed by atoms with Gasteiger partial charge in [0.05, 0.1) is 12.6 Å². The first kappa shape index (κ1) is 11.3. The van der Waals surface area contributed by atoms with Gasteiger partial charge in [0.25, 0.3) is 0 Å². The summed E-state index contributed by atoms with van der Waals surface area (Å²) in [6.45, 7) is 5.04. The molecule has 0 spiro atoms. The van der Waals surface area contributed by atoms with Crippen LogP contribution in [0.15, 0.2) is 0 Å². The van der Waals surface area contributed by atoms with E-state index in [0.717, 1.165) is 0 Å². The van der Waals surface area contributed by atoms with Crippen LogP contribution < -0.4 is 5.11 Å². The average molecular weight is 210 g/mol. The zero-order valence-corrected chi connectivity index (χ0v) is 8.84. The highest BCUT2D eigenvalue weighted by Crippen LogP contribution is 2.17. The Balaban J connectivity index is 3.17. The highest BCUT2D eigenvalue weighted by atomic mass is 16.5. The molecule has 0 bridgehead atoms. The standard InChI is InChI=1S/C10H13NO4/c1-4-15-10(14)8-5(2)7(9(12)13)6(3)11-8/h11H,4H2,1-3H3,(H,12,13)/p-1. The van der Waals surface area contributed by atoms with E-state index in [9.17, 15) is 14.7 Å². The number of carboxylic acids is 1. The SMILES string of the molecule is CCOC(=O)c1[nH]c(C)c(C(=O)[O-])c1C. The summed E-state index contributed by atoms with van der Waals surface area (Å²) in [5, 5.41) is 10.8. The first-order valence-corrected chi connectivity index (χ1v) is 4.56. The molecule has 0 aliphatic rings. The Bertz CT molecular complexity index is 406. The third kappa shape index (κ3) is 2.01. The van der Waals surface area contributed by atoms with E-state index in [1.807, 2.05) is 0 Å². The first-order chi connectivity index (χ1) is 6.99. The Labute approximate surface area is 87.1 Å². The van der Waals surface area contributed by atoms with Crippen LogP contribution in [0.5, 0.6) is 0 Å². The van der Waals surface area contributed by atoms with Gasteiger partial charge >= 0.3 is 5.97 Å². The van der Waals surface area contributed by atoms with Crippen LogP contribution in [0.3, 0.4) is 0 Å². The molecule has 1 N–H and O–H groups in total. The summed E-state index contributed by atoms with van der Waals surface area (Å²) in [6, 6.07) is 0. The number of esters is 1. The minimum absolute atomic E-state index is 0.0260. The lowest BCUT2D eigenvalue weighted by Crippen LogP contribution is -2.23. The lowest BCUT2D eigenvalue weighted by atomic mass is 10.1. The second-order valence-electron chi connectivity index (χ2n) is 3.13. The molecule has 1 rings (SSSR count). The fourth-order valence-corrected chi connectivity index (χ4v) is 1.46. The van der Waals surface area contributed by atoms with E-state index in [1.165, 1.54) is 0 Å². The lowest BCUT2D eigenvalue weighted by molar-refractivity contribution is -0.255. The number of H-pyrrole nitrogens is 1. The van der Waals surface area contributed by atoms with E-state index in [4.69, 9.17) is 4.74 Å². The smallest absolute Gasteiger partial charge is 0.355 e. The van der Waals surface area contributed by atoms with Gasteiger partial charge in [0.15, 0.2) is 0 Å². The molecule has 1 aromatic heterocycles. The molecule has 0 aromatic carbocycles. The van der Waals surface area contributed by atoms with Gasteiger partial charge in [-0.15, -0.1) is 0 Å². The Morgan fingerprint density at radius 1 is 1.40 bits per heavy atom. The summed E-state index contributed by atoms with van der Waals surface area (Å²) in [4.78, 5) is 24.8. The number of hydrogen-bond donors (Lipinski definition) is 1. The molecule has 0 atom stereocenters. The third-order valence-corrected chi connectivity index (χ3v) is 2.12. The predicted molar refractivity (Wildman–Crippen MR) is 50.6 cm³/mol. The zero-order chi connectivity index (χ0) is 11.6. The molecule has 0 saturated carbocycles. The van der Waals surface area contributed by atoms with Gasteiger partial charge in [0, 0.05) is 11.3 Å². The lowest BCUT2D eigenvalue weighted by Gasteiger charge is -2.03. The van der Waals surface area contributed by atoms with Crippen LogP contribution >= 0.6 is 0 Å². The fourth-order valence-electron chi connectivity index (χ4n) is 1.46. The van der Waals surface area contributed by atoms with Crippen molar-refractivity contribution in [3.63, 3.8) is 0 Å². The fraction of sp³-hybridized carbons (Fsp3) is 0.400. The summed E-state index contributed by atoms with van der Waals surface area (Å²) >= 11 is 0. The number of aromatic nitrogens is 1. The molecule has 0 radical (unpaired) electrons. The second-order valence-corrected chi connectivity index (χ2v) is 3.13. The van der Waals surface area contributed by atoms with Crippen LogP contribution in [0.2, 0.25) is 0 Å². The Hall–Kier alpha value is -1.78. The number of aryl methyl sites for hydroxylation is 1. The average Bonchev–Trinajstić information content (AvgIpc) is 2.42. The van der Waals surface area contributed by atoms with Gasteiger partial charge < -0.3 is 19.6 Å². The predicted octanol–water partition coefficient (Wildman–Crippen LogP) is 0.172. The van der Waals surface area contributed by atoms with Gasteiger partial charge in [-0.25, -0.2) is 4.79 Å². The molecule has 0 unspecified atom stereocenters. The van der Waals surface area contributed by atoms with Gasteiger partial charge in [-0.1, -0.05) is 0 Å². The van der Waals surface area contributed by atoms with Gasteiger partial charge in [-0.2, -0.15) is 0 Å². The topological polar surface area (TPSA) is 82.2 Å². The molecule has 0 saturated heterocycles. The largest absolute Gasteiger partial charge is 0.545 e. The second kappa shape index (κ2) is 4.16. The van der Waals surface area contributed by atoms with Gasteiger partial charge in [-0.3, -0.25) is 0 Å². The van der Waals surface area contributed by atoms with E-state index in [2.05, 4.69) is 4.98 Å². The summed E-state index contributed by atoms with van der Waals surface area (Å²) < 4.78 is 4.77. The van der Waals surface area contributed by atoms with Crippen LogP contribution in [-0.4, -0.2) is 23.5 Å². The quantitative estimate of drug-likeness (QED) is 0.721. The van der Waals surface area contributed by atoms with Crippen molar-refractivity contribution in [2.75, 3.05) is 6.61 Å². The highest BCUT2D eigenvalue weighted by Gasteiger charge is 2.18. The molecular formula is C10H12NO4-. The molecule has 0 amide bonds. The Kier molecular flexibility index (Phi) is 3.14. The maximum atomic E-state index is 11.4. The molecule has 5 heteroatoms. The molecule has 1 heterocycles. The van der Waals surface area contributed by atoms with E-state index in [1.54, 1.807) is 20.8 Å². The highest BCUT2D eigenvalue weighted by molar-refractivity contribution is 5.96. The van der Waals surface area contributed by atoms with Crippen molar-refractivity contribution < 1.29 is 19.4 Å². The number of carbonyl (C=O) groups is 2. The number of hydrogen-bond acceptors (Lipinski definition) is 4. The third-order valence-electron chi connectivity index (χ3n) is 2.12. The first-order valence-electron chi connectivity index (χ1n) is 4.56. The van der Waals surface area contributed by atoms with Crippen molar-refractivity contribution in [1.82, 2.24) is 4.98 Å². The number of rotatable bonds is 3. The number of aromatic amines is 1. The van der Waals surface area contributed by atoms with E-state index >= 15 is 0 Å². The molecule has 5 nitrogen and oxygen atoms in total. The molecule has 82 valence electrons. The molecule has 0 fully saturated rings. The van der Waals surface area contributed by atoms with Crippen molar-refractivity contribution in [2.45, 2.75) is 20.8 Å². The number of nitrogens with one attached hydrogen (secondary N) is 1. The minimum atomic E-state index is -1.29. The Morgan fingerprint density at radius 2 is 2.00 bits per heavy atom. The van der Waals surface area contributed by atoms with Crippen molar-refractivity contribution in [2.24, 2.45) is 0 Å². The summed E-state index contributed by atoms with van der Waals surface area (Å²) in [5.41, 5.74) is 0.952. The van der Waals surface area contributed by atoms with Crippen molar-refractivity contribution in [1.29, 1.82) is 0 Å². The normalized spacial score (nSPS) is 10.1. The minimum Gasteiger partial charge on any atom is -0.545 e.